The number of hydrogen-bond acceptors (Lipinski definition) is 8. The first kappa shape index (κ1) is 21.4. The highest BCUT2D eigenvalue weighted by Crippen LogP contribution is 2.28. The summed E-state index contributed by atoms with van der Waals surface area (Å²) in [6, 6.07) is 7.78. The molecular formula is C19H20N2O5S3. The second-order valence-corrected chi connectivity index (χ2v) is 9.83. The minimum atomic E-state index is -3.84. The molecule has 0 amide bonds. The van der Waals surface area contributed by atoms with Crippen LogP contribution < -0.4 is 9.46 Å². The van der Waals surface area contributed by atoms with E-state index in [0.29, 0.717) is 5.69 Å². The van der Waals surface area contributed by atoms with E-state index in [1.165, 1.54) is 36.6 Å². The number of benzene rings is 1. The van der Waals surface area contributed by atoms with Crippen LogP contribution in [0.15, 0.2) is 46.0 Å². The Balaban J connectivity index is 1.75. The largest absolute Gasteiger partial charge is 0.495 e. The maximum absolute atomic E-state index is 12.5. The Labute approximate surface area is 177 Å². The highest BCUT2D eigenvalue weighted by molar-refractivity contribution is 7.89. The first-order valence-electron chi connectivity index (χ1n) is 8.66. The van der Waals surface area contributed by atoms with Gasteiger partial charge in [0, 0.05) is 11.4 Å². The van der Waals surface area contributed by atoms with Gasteiger partial charge in [0.25, 0.3) is 0 Å². The van der Waals surface area contributed by atoms with E-state index < -0.39 is 16.0 Å². The fourth-order valence-corrected chi connectivity index (χ4v) is 5.56. The molecule has 2 aromatic heterocycles. The summed E-state index contributed by atoms with van der Waals surface area (Å²) in [6.07, 6.45) is 0. The van der Waals surface area contributed by atoms with Crippen LogP contribution in [0.25, 0.3) is 9.88 Å². The normalized spacial score (nSPS) is 11.6. The van der Waals surface area contributed by atoms with Crippen molar-refractivity contribution < 1.29 is 22.7 Å². The van der Waals surface area contributed by atoms with Crippen molar-refractivity contribution in [3.63, 3.8) is 0 Å². The zero-order valence-corrected chi connectivity index (χ0v) is 18.5. The van der Waals surface area contributed by atoms with Crippen molar-refractivity contribution in [2.24, 2.45) is 0 Å². The van der Waals surface area contributed by atoms with Gasteiger partial charge < -0.3 is 9.47 Å². The van der Waals surface area contributed by atoms with Crippen molar-refractivity contribution in [1.29, 1.82) is 0 Å². The predicted octanol–water partition coefficient (Wildman–Crippen LogP) is 3.92. The van der Waals surface area contributed by atoms with Gasteiger partial charge in [-0.1, -0.05) is 6.07 Å². The molecule has 0 spiro atoms. The molecule has 10 heteroatoms. The molecule has 0 bridgehead atoms. The lowest BCUT2D eigenvalue weighted by atomic mass is 10.2. The smallest absolute Gasteiger partial charge is 0.338 e. The molecule has 1 N–H and O–H groups in total. The summed E-state index contributed by atoms with van der Waals surface area (Å²) in [5.74, 6) is -0.492. The van der Waals surface area contributed by atoms with Crippen LogP contribution in [0, 0.1) is 0 Å². The summed E-state index contributed by atoms with van der Waals surface area (Å²) in [5.41, 5.74) is 0.748. The Morgan fingerprint density at radius 2 is 2.03 bits per heavy atom. The Morgan fingerprint density at radius 3 is 2.69 bits per heavy atom. The zero-order chi connectivity index (χ0) is 21.0. The predicted molar refractivity (Wildman–Crippen MR) is 113 cm³/mol. The van der Waals surface area contributed by atoms with Crippen LogP contribution in [0.2, 0.25) is 0 Å². The van der Waals surface area contributed by atoms with Crippen LogP contribution in [0.4, 0.5) is 0 Å². The van der Waals surface area contributed by atoms with Crippen LogP contribution in [-0.4, -0.2) is 32.5 Å². The van der Waals surface area contributed by atoms with E-state index in [1.807, 2.05) is 22.9 Å². The van der Waals surface area contributed by atoms with Gasteiger partial charge >= 0.3 is 5.97 Å². The molecule has 7 nitrogen and oxygen atoms in total. The quantitative estimate of drug-likeness (QED) is 0.521. The number of nitrogens with zero attached hydrogens (tertiary/aromatic N) is 1. The van der Waals surface area contributed by atoms with Gasteiger partial charge in [-0.3, -0.25) is 0 Å². The van der Waals surface area contributed by atoms with E-state index in [2.05, 4.69) is 9.71 Å². The van der Waals surface area contributed by atoms with Gasteiger partial charge in [0.1, 0.15) is 22.3 Å². The molecule has 0 fully saturated rings. The summed E-state index contributed by atoms with van der Waals surface area (Å²) in [5, 5.41) is 4.67. The van der Waals surface area contributed by atoms with Crippen LogP contribution in [0.3, 0.4) is 0 Å². The van der Waals surface area contributed by atoms with Crippen molar-refractivity contribution in [2.75, 3.05) is 7.11 Å². The number of hydrogen-bond donors (Lipinski definition) is 1. The Kier molecular flexibility index (Phi) is 6.68. The van der Waals surface area contributed by atoms with Crippen molar-refractivity contribution in [2.45, 2.75) is 31.4 Å². The number of thiazole rings is 1. The average Bonchev–Trinajstić information content (AvgIpc) is 3.36. The van der Waals surface area contributed by atoms with Crippen LogP contribution in [0.1, 0.15) is 29.9 Å². The third-order valence-electron chi connectivity index (χ3n) is 3.71. The number of rotatable bonds is 8. The number of carbonyl (C=O) groups excluding carboxylic acids is 1. The summed E-state index contributed by atoms with van der Waals surface area (Å²) in [7, 11) is -2.47. The number of carbonyl (C=O) groups is 1. The van der Waals surface area contributed by atoms with Crippen molar-refractivity contribution in [3.05, 3.63) is 52.3 Å². The molecule has 3 aromatic rings. The number of ether oxygens (including phenoxy) is 2. The van der Waals surface area contributed by atoms with E-state index >= 15 is 0 Å². The van der Waals surface area contributed by atoms with Crippen molar-refractivity contribution in [1.82, 2.24) is 9.71 Å². The van der Waals surface area contributed by atoms with Crippen molar-refractivity contribution in [3.8, 4) is 15.6 Å². The third kappa shape index (κ3) is 5.21. The highest BCUT2D eigenvalue weighted by Gasteiger charge is 2.23. The number of esters is 1. The van der Waals surface area contributed by atoms with Gasteiger partial charge in [-0.25, -0.2) is 22.9 Å². The molecule has 1 aromatic carbocycles. The van der Waals surface area contributed by atoms with E-state index in [4.69, 9.17) is 9.47 Å². The maximum Gasteiger partial charge on any atom is 0.338 e. The van der Waals surface area contributed by atoms with Gasteiger partial charge in [0.2, 0.25) is 10.0 Å². The molecule has 3 rings (SSSR count). The minimum Gasteiger partial charge on any atom is -0.495 e. The van der Waals surface area contributed by atoms with Crippen LogP contribution >= 0.6 is 22.7 Å². The second kappa shape index (κ2) is 9.04. The fraction of sp³-hybridized carbons (Fsp3) is 0.263. The summed E-state index contributed by atoms with van der Waals surface area (Å²) < 4.78 is 38.0. The standard InChI is InChI=1S/C19H20N2O5S3/c1-12(2)21-29(23,24)17-9-13(6-7-15(17)25-3)19(22)26-10-14-11-28-18(20-14)16-5-4-8-27-16/h4-9,11-12,21H,10H2,1-3H3. The minimum absolute atomic E-state index is 0.000927. The van der Waals surface area contributed by atoms with E-state index in [1.54, 1.807) is 25.2 Å². The number of thiophene rings is 1. The van der Waals surface area contributed by atoms with Crippen LogP contribution in [-0.2, 0) is 21.4 Å². The highest BCUT2D eigenvalue weighted by atomic mass is 32.2. The molecule has 0 unspecified atom stereocenters. The number of aromatic nitrogens is 1. The number of sulfonamides is 1. The Morgan fingerprint density at radius 1 is 1.24 bits per heavy atom. The lowest BCUT2D eigenvalue weighted by Gasteiger charge is -2.14. The SMILES string of the molecule is COc1ccc(C(=O)OCc2csc(-c3cccs3)n2)cc1S(=O)(=O)NC(C)C. The van der Waals surface area contributed by atoms with E-state index in [9.17, 15) is 13.2 Å². The lowest BCUT2D eigenvalue weighted by molar-refractivity contribution is 0.0468. The molecule has 0 aliphatic rings. The molecule has 0 saturated heterocycles. The van der Waals surface area contributed by atoms with Gasteiger partial charge in [-0.2, -0.15) is 0 Å². The third-order valence-corrected chi connectivity index (χ3v) is 7.32. The zero-order valence-electron chi connectivity index (χ0n) is 16.0. The van der Waals surface area contributed by atoms with E-state index in [0.717, 1.165) is 9.88 Å². The van der Waals surface area contributed by atoms with E-state index in [-0.39, 0.29) is 28.9 Å². The van der Waals surface area contributed by atoms with Gasteiger partial charge in [-0.15, -0.1) is 22.7 Å². The van der Waals surface area contributed by atoms with Gasteiger partial charge in [-0.05, 0) is 43.5 Å². The molecule has 154 valence electrons. The first-order chi connectivity index (χ1) is 13.8. The second-order valence-electron chi connectivity index (χ2n) is 6.34. The topological polar surface area (TPSA) is 94.6 Å². The monoisotopic (exact) mass is 452 g/mol. The molecule has 2 heterocycles. The Bertz CT molecular complexity index is 1090. The molecular weight excluding hydrogens is 432 g/mol. The Hall–Kier alpha value is -2.27. The molecule has 0 atom stereocenters. The first-order valence-corrected chi connectivity index (χ1v) is 11.9. The number of nitrogens with one attached hydrogen (secondary N) is 1. The maximum atomic E-state index is 12.5. The van der Waals surface area contributed by atoms with Crippen molar-refractivity contribution >= 4 is 38.7 Å². The molecule has 0 aliphatic heterocycles. The molecule has 29 heavy (non-hydrogen) atoms. The van der Waals surface area contributed by atoms with Gasteiger partial charge in [0.05, 0.1) is 23.2 Å². The molecule has 0 saturated carbocycles. The molecule has 0 radical (unpaired) electrons. The van der Waals surface area contributed by atoms with Crippen LogP contribution in [0.5, 0.6) is 5.75 Å². The fourth-order valence-electron chi connectivity index (χ4n) is 2.50. The number of methoxy groups -OCH3 is 1. The van der Waals surface area contributed by atoms with Gasteiger partial charge in [0.15, 0.2) is 0 Å². The lowest BCUT2D eigenvalue weighted by Crippen LogP contribution is -2.30. The summed E-state index contributed by atoms with van der Waals surface area (Å²) >= 11 is 3.06. The summed E-state index contributed by atoms with van der Waals surface area (Å²) in [4.78, 5) is 17.9. The summed E-state index contributed by atoms with van der Waals surface area (Å²) in [6.45, 7) is 3.42. The average molecular weight is 453 g/mol. The molecule has 0 aliphatic carbocycles.